The number of ether oxygens (including phenoxy) is 4. The summed E-state index contributed by atoms with van der Waals surface area (Å²) in [6.45, 7) is 0. The third kappa shape index (κ3) is 4.80. The Morgan fingerprint density at radius 2 is 1.70 bits per heavy atom. The highest BCUT2D eigenvalue weighted by Gasteiger charge is 2.14. The zero-order valence-corrected chi connectivity index (χ0v) is 17.2. The number of hydrogen-bond donors (Lipinski definition) is 1. The number of benzene rings is 2. The van der Waals surface area contributed by atoms with Crippen LogP contribution in [0, 0.1) is 0 Å². The topological polar surface area (TPSA) is 105 Å². The lowest BCUT2D eigenvalue weighted by molar-refractivity contribution is -0.116. The van der Waals surface area contributed by atoms with Gasteiger partial charge in [-0.2, -0.15) is 4.98 Å². The standard InChI is InChI=1S/C21H23N3O6/c1-26-14-6-7-15(17(12-14)28-3)22-19(25)9-10-20-23-21(24-30-20)13-5-8-16(27-2)18(11-13)29-4/h5-8,11-12H,9-10H2,1-4H3,(H,22,25). The third-order valence-corrected chi connectivity index (χ3v) is 4.36. The van der Waals surface area contributed by atoms with Gasteiger partial charge in [-0.3, -0.25) is 4.79 Å². The smallest absolute Gasteiger partial charge is 0.227 e. The number of aromatic nitrogens is 2. The third-order valence-electron chi connectivity index (χ3n) is 4.36. The van der Waals surface area contributed by atoms with Gasteiger partial charge in [-0.1, -0.05) is 5.16 Å². The van der Waals surface area contributed by atoms with Crippen molar-refractivity contribution < 1.29 is 28.3 Å². The lowest BCUT2D eigenvalue weighted by Crippen LogP contribution is -2.13. The Bertz CT molecular complexity index is 1020. The van der Waals surface area contributed by atoms with E-state index in [1.165, 1.54) is 7.11 Å². The lowest BCUT2D eigenvalue weighted by atomic mass is 10.2. The maximum atomic E-state index is 12.3. The van der Waals surface area contributed by atoms with E-state index in [2.05, 4.69) is 15.5 Å². The van der Waals surface area contributed by atoms with Gasteiger partial charge in [0.05, 0.1) is 34.1 Å². The molecule has 2 aromatic carbocycles. The van der Waals surface area contributed by atoms with Gasteiger partial charge in [-0.25, -0.2) is 0 Å². The minimum atomic E-state index is -0.204. The van der Waals surface area contributed by atoms with Gasteiger partial charge in [0.2, 0.25) is 17.6 Å². The summed E-state index contributed by atoms with van der Waals surface area (Å²) in [5.74, 6) is 2.88. The molecule has 3 rings (SSSR count). The number of carbonyl (C=O) groups is 1. The minimum absolute atomic E-state index is 0.169. The maximum Gasteiger partial charge on any atom is 0.227 e. The van der Waals surface area contributed by atoms with Crippen molar-refractivity contribution in [2.75, 3.05) is 33.8 Å². The van der Waals surface area contributed by atoms with Crippen LogP contribution in [0.15, 0.2) is 40.9 Å². The van der Waals surface area contributed by atoms with Crippen molar-refractivity contribution in [3.8, 4) is 34.4 Å². The first-order valence-corrected chi connectivity index (χ1v) is 9.14. The van der Waals surface area contributed by atoms with Gasteiger partial charge in [0.15, 0.2) is 11.5 Å². The highest BCUT2D eigenvalue weighted by Crippen LogP contribution is 2.31. The van der Waals surface area contributed by atoms with Gasteiger partial charge in [0.25, 0.3) is 0 Å². The van der Waals surface area contributed by atoms with E-state index in [9.17, 15) is 4.79 Å². The molecule has 158 valence electrons. The summed E-state index contributed by atoms with van der Waals surface area (Å²) in [6, 6.07) is 10.5. The molecule has 0 aliphatic carbocycles. The average Bonchev–Trinajstić information content (AvgIpc) is 3.26. The highest BCUT2D eigenvalue weighted by atomic mass is 16.5. The van der Waals surface area contributed by atoms with Gasteiger partial charge in [-0.05, 0) is 30.3 Å². The number of amides is 1. The van der Waals surface area contributed by atoms with E-state index in [1.807, 2.05) is 0 Å². The van der Waals surface area contributed by atoms with Crippen molar-refractivity contribution >= 4 is 11.6 Å². The number of anilines is 1. The fourth-order valence-corrected chi connectivity index (χ4v) is 2.78. The summed E-state index contributed by atoms with van der Waals surface area (Å²) in [6.07, 6.45) is 0.466. The highest BCUT2D eigenvalue weighted by molar-refractivity contribution is 5.92. The van der Waals surface area contributed by atoms with Crippen LogP contribution in [-0.2, 0) is 11.2 Å². The van der Waals surface area contributed by atoms with Crippen LogP contribution in [0.4, 0.5) is 5.69 Å². The molecule has 9 nitrogen and oxygen atoms in total. The maximum absolute atomic E-state index is 12.3. The number of carbonyl (C=O) groups excluding carboxylic acids is 1. The fourth-order valence-electron chi connectivity index (χ4n) is 2.78. The van der Waals surface area contributed by atoms with E-state index in [4.69, 9.17) is 23.5 Å². The van der Waals surface area contributed by atoms with E-state index in [1.54, 1.807) is 57.7 Å². The van der Waals surface area contributed by atoms with Crippen molar-refractivity contribution in [2.45, 2.75) is 12.8 Å². The van der Waals surface area contributed by atoms with Crippen molar-refractivity contribution in [2.24, 2.45) is 0 Å². The van der Waals surface area contributed by atoms with Gasteiger partial charge in [0.1, 0.15) is 11.5 Å². The van der Waals surface area contributed by atoms with Crippen LogP contribution in [0.2, 0.25) is 0 Å². The normalized spacial score (nSPS) is 10.4. The molecule has 0 fully saturated rings. The number of nitrogens with zero attached hydrogens (tertiary/aromatic N) is 2. The van der Waals surface area contributed by atoms with Crippen LogP contribution in [0.3, 0.4) is 0 Å². The first-order chi connectivity index (χ1) is 14.6. The van der Waals surface area contributed by atoms with Crippen LogP contribution in [0.5, 0.6) is 23.0 Å². The number of hydrogen-bond acceptors (Lipinski definition) is 8. The van der Waals surface area contributed by atoms with Crippen LogP contribution in [0.1, 0.15) is 12.3 Å². The van der Waals surface area contributed by atoms with Crippen molar-refractivity contribution in [1.82, 2.24) is 10.1 Å². The predicted molar refractivity (Wildman–Crippen MR) is 109 cm³/mol. The molecule has 1 N–H and O–H groups in total. The van der Waals surface area contributed by atoms with E-state index in [-0.39, 0.29) is 12.3 Å². The summed E-state index contributed by atoms with van der Waals surface area (Å²) < 4.78 is 26.2. The monoisotopic (exact) mass is 413 g/mol. The van der Waals surface area contributed by atoms with Crippen LogP contribution >= 0.6 is 0 Å². The average molecular weight is 413 g/mol. The van der Waals surface area contributed by atoms with E-state index in [0.717, 1.165) is 5.56 Å². The molecule has 3 aromatic rings. The largest absolute Gasteiger partial charge is 0.497 e. The molecular weight excluding hydrogens is 390 g/mol. The first kappa shape index (κ1) is 21.0. The van der Waals surface area contributed by atoms with Crippen molar-refractivity contribution in [1.29, 1.82) is 0 Å². The molecule has 0 radical (unpaired) electrons. The summed E-state index contributed by atoms with van der Waals surface area (Å²) in [7, 11) is 6.21. The fraction of sp³-hybridized carbons (Fsp3) is 0.286. The van der Waals surface area contributed by atoms with Crippen molar-refractivity contribution in [3.05, 3.63) is 42.3 Å². The van der Waals surface area contributed by atoms with Crippen molar-refractivity contribution in [3.63, 3.8) is 0 Å². The molecule has 0 aliphatic heterocycles. The summed E-state index contributed by atoms with van der Waals surface area (Å²) in [5, 5.41) is 6.79. The molecule has 0 saturated heterocycles. The summed E-state index contributed by atoms with van der Waals surface area (Å²) >= 11 is 0. The molecule has 1 aromatic heterocycles. The lowest BCUT2D eigenvalue weighted by Gasteiger charge is -2.11. The molecule has 0 saturated carbocycles. The Kier molecular flexibility index (Phi) is 6.74. The van der Waals surface area contributed by atoms with E-state index >= 15 is 0 Å². The molecule has 9 heteroatoms. The van der Waals surface area contributed by atoms with E-state index in [0.29, 0.717) is 46.8 Å². The molecular formula is C21H23N3O6. The first-order valence-electron chi connectivity index (χ1n) is 9.14. The van der Waals surface area contributed by atoms with Gasteiger partial charge in [0, 0.05) is 24.5 Å². The molecule has 0 aliphatic rings. The Hall–Kier alpha value is -3.75. The Morgan fingerprint density at radius 3 is 2.40 bits per heavy atom. The zero-order chi connectivity index (χ0) is 21.5. The molecule has 0 spiro atoms. The van der Waals surface area contributed by atoms with Gasteiger partial charge in [-0.15, -0.1) is 0 Å². The number of rotatable bonds is 9. The number of nitrogens with one attached hydrogen (secondary N) is 1. The minimum Gasteiger partial charge on any atom is -0.497 e. The summed E-state index contributed by atoms with van der Waals surface area (Å²) in [4.78, 5) is 16.7. The number of methoxy groups -OCH3 is 4. The molecule has 30 heavy (non-hydrogen) atoms. The molecule has 0 bridgehead atoms. The number of aryl methyl sites for hydroxylation is 1. The summed E-state index contributed by atoms with van der Waals surface area (Å²) in [5.41, 5.74) is 1.27. The van der Waals surface area contributed by atoms with Crippen LogP contribution in [-0.4, -0.2) is 44.5 Å². The molecule has 1 amide bonds. The Balaban J connectivity index is 1.62. The van der Waals surface area contributed by atoms with Gasteiger partial charge < -0.3 is 28.8 Å². The van der Waals surface area contributed by atoms with E-state index < -0.39 is 0 Å². The molecule has 0 unspecified atom stereocenters. The SMILES string of the molecule is COc1ccc(NC(=O)CCc2nc(-c3ccc(OC)c(OC)c3)no2)c(OC)c1. The quantitative estimate of drug-likeness (QED) is 0.569. The van der Waals surface area contributed by atoms with Gasteiger partial charge >= 0.3 is 0 Å². The van der Waals surface area contributed by atoms with Crippen LogP contribution in [0.25, 0.3) is 11.4 Å². The molecule has 1 heterocycles. The predicted octanol–water partition coefficient (Wildman–Crippen LogP) is 3.34. The second-order valence-electron chi connectivity index (χ2n) is 6.20. The Morgan fingerprint density at radius 1 is 0.933 bits per heavy atom. The Labute approximate surface area is 173 Å². The molecule has 0 atom stereocenters. The second-order valence-corrected chi connectivity index (χ2v) is 6.20. The van der Waals surface area contributed by atoms with Crippen LogP contribution < -0.4 is 24.3 Å². The zero-order valence-electron chi connectivity index (χ0n) is 17.2. The second kappa shape index (κ2) is 9.64.